The number of rotatable bonds is 6. The summed E-state index contributed by atoms with van der Waals surface area (Å²) in [5.41, 5.74) is -0.596. The highest BCUT2D eigenvalue weighted by Crippen LogP contribution is 2.30. The lowest BCUT2D eigenvalue weighted by Crippen LogP contribution is -2.45. The van der Waals surface area contributed by atoms with E-state index in [0.29, 0.717) is 32.6 Å². The van der Waals surface area contributed by atoms with Gasteiger partial charge in [-0.15, -0.1) is 0 Å². The van der Waals surface area contributed by atoms with Crippen LogP contribution in [-0.2, 0) is 9.53 Å². The Labute approximate surface area is 102 Å². The molecule has 1 atom stereocenters. The first kappa shape index (κ1) is 14.4. The van der Waals surface area contributed by atoms with E-state index in [1.54, 1.807) is 6.92 Å². The minimum atomic E-state index is -0.716. The third-order valence-corrected chi connectivity index (χ3v) is 3.46. The smallest absolute Gasteiger partial charge is 0.309 e. The number of carboxylic acid groups (broad SMARTS) is 1. The van der Waals surface area contributed by atoms with Gasteiger partial charge in [0.1, 0.15) is 0 Å². The van der Waals surface area contributed by atoms with Crippen molar-refractivity contribution in [1.82, 2.24) is 4.90 Å². The molecule has 5 heteroatoms. The van der Waals surface area contributed by atoms with E-state index in [2.05, 4.69) is 4.90 Å². The number of hydrogen-bond donors (Lipinski definition) is 2. The maximum atomic E-state index is 11.1. The second kappa shape index (κ2) is 6.33. The molecule has 17 heavy (non-hydrogen) atoms. The third-order valence-electron chi connectivity index (χ3n) is 3.46. The van der Waals surface area contributed by atoms with E-state index >= 15 is 0 Å². The molecule has 0 amide bonds. The molecule has 1 aliphatic heterocycles. The summed E-state index contributed by atoms with van der Waals surface area (Å²) in [6.07, 6.45) is 0.803. The number of aliphatic hydroxyl groups is 1. The summed E-state index contributed by atoms with van der Waals surface area (Å²) in [5, 5.41) is 18.8. The Morgan fingerprint density at radius 2 is 2.06 bits per heavy atom. The van der Waals surface area contributed by atoms with Crippen LogP contribution in [0.15, 0.2) is 0 Å². The first-order chi connectivity index (χ1) is 7.98. The van der Waals surface area contributed by atoms with Crippen molar-refractivity contribution in [3.05, 3.63) is 0 Å². The fourth-order valence-corrected chi connectivity index (χ4v) is 2.05. The number of nitrogens with zero attached hydrogens (tertiary/aromatic N) is 1. The molecular weight excluding hydrogens is 222 g/mol. The van der Waals surface area contributed by atoms with Crippen LogP contribution in [0.5, 0.6) is 0 Å². The summed E-state index contributed by atoms with van der Waals surface area (Å²) in [7, 11) is 0. The van der Waals surface area contributed by atoms with E-state index in [-0.39, 0.29) is 0 Å². The Bertz CT molecular complexity index is 249. The summed E-state index contributed by atoms with van der Waals surface area (Å²) in [6, 6.07) is 0. The van der Waals surface area contributed by atoms with Crippen molar-refractivity contribution in [3.8, 4) is 0 Å². The van der Waals surface area contributed by atoms with E-state index in [1.807, 2.05) is 6.92 Å². The van der Waals surface area contributed by atoms with Gasteiger partial charge in [0.25, 0.3) is 0 Å². The highest BCUT2D eigenvalue weighted by molar-refractivity contribution is 5.74. The zero-order chi connectivity index (χ0) is 12.9. The fourth-order valence-electron chi connectivity index (χ4n) is 2.05. The standard InChI is InChI=1S/C12H23NO4/c1-3-17-9-10(14)8-13-6-4-12(2,5-7-13)11(15)16/h10,14H,3-9H2,1-2H3,(H,15,16). The molecule has 1 unspecified atom stereocenters. The summed E-state index contributed by atoms with van der Waals surface area (Å²) in [6.45, 7) is 6.67. The number of likely N-dealkylation sites (tertiary alicyclic amines) is 1. The maximum absolute atomic E-state index is 11.1. The lowest BCUT2D eigenvalue weighted by atomic mass is 9.80. The van der Waals surface area contributed by atoms with Crippen LogP contribution in [0.4, 0.5) is 0 Å². The number of carbonyl (C=O) groups is 1. The molecule has 1 saturated heterocycles. The van der Waals surface area contributed by atoms with Gasteiger partial charge in [-0.1, -0.05) is 0 Å². The average molecular weight is 245 g/mol. The number of hydrogen-bond acceptors (Lipinski definition) is 4. The predicted octanol–water partition coefficient (Wildman–Crippen LogP) is 0.570. The molecule has 0 aromatic heterocycles. The van der Waals surface area contributed by atoms with Crippen LogP contribution in [0.2, 0.25) is 0 Å². The number of carboxylic acids is 1. The van der Waals surface area contributed by atoms with E-state index in [0.717, 1.165) is 13.1 Å². The number of β-amino-alcohol motifs (C(OH)–C–C–N with tert-alkyl or cyclic N) is 1. The highest BCUT2D eigenvalue weighted by atomic mass is 16.5. The Hall–Kier alpha value is -0.650. The van der Waals surface area contributed by atoms with Crippen molar-refractivity contribution in [2.24, 2.45) is 5.41 Å². The lowest BCUT2D eigenvalue weighted by Gasteiger charge is -2.37. The molecule has 1 heterocycles. The van der Waals surface area contributed by atoms with Crippen molar-refractivity contribution in [3.63, 3.8) is 0 Å². The van der Waals surface area contributed by atoms with Crippen molar-refractivity contribution >= 4 is 5.97 Å². The van der Waals surface area contributed by atoms with Crippen LogP contribution in [0.25, 0.3) is 0 Å². The molecule has 0 spiro atoms. The van der Waals surface area contributed by atoms with Crippen LogP contribution < -0.4 is 0 Å². The number of aliphatic carboxylic acids is 1. The summed E-state index contributed by atoms with van der Waals surface area (Å²) >= 11 is 0. The molecule has 5 nitrogen and oxygen atoms in total. The van der Waals surface area contributed by atoms with Gasteiger partial charge in [-0.2, -0.15) is 0 Å². The predicted molar refractivity (Wildman–Crippen MR) is 63.9 cm³/mol. The van der Waals surface area contributed by atoms with E-state index < -0.39 is 17.5 Å². The SMILES string of the molecule is CCOCC(O)CN1CCC(C)(C(=O)O)CC1. The number of ether oxygens (including phenoxy) is 1. The maximum Gasteiger partial charge on any atom is 0.309 e. The molecule has 0 aliphatic carbocycles. The quantitative estimate of drug-likeness (QED) is 0.716. The Morgan fingerprint density at radius 1 is 1.47 bits per heavy atom. The fraction of sp³-hybridized carbons (Fsp3) is 0.917. The van der Waals surface area contributed by atoms with Gasteiger partial charge in [0, 0.05) is 13.2 Å². The molecule has 1 fully saturated rings. The Balaban J connectivity index is 2.30. The van der Waals surface area contributed by atoms with Crippen LogP contribution in [-0.4, -0.2) is 60.0 Å². The van der Waals surface area contributed by atoms with Gasteiger partial charge < -0.3 is 19.8 Å². The monoisotopic (exact) mass is 245 g/mol. The van der Waals surface area contributed by atoms with Crippen molar-refractivity contribution in [2.75, 3.05) is 32.8 Å². The molecule has 1 aliphatic rings. The van der Waals surface area contributed by atoms with Gasteiger partial charge in [-0.05, 0) is 39.8 Å². The van der Waals surface area contributed by atoms with Crippen molar-refractivity contribution in [2.45, 2.75) is 32.8 Å². The molecule has 0 aromatic carbocycles. The average Bonchev–Trinajstić information content (AvgIpc) is 2.29. The Morgan fingerprint density at radius 3 is 2.53 bits per heavy atom. The van der Waals surface area contributed by atoms with E-state index in [1.165, 1.54) is 0 Å². The largest absolute Gasteiger partial charge is 0.481 e. The minimum absolute atomic E-state index is 0.350. The number of aliphatic hydroxyl groups excluding tert-OH is 1. The molecule has 100 valence electrons. The Kier molecular flexibility index (Phi) is 5.36. The highest BCUT2D eigenvalue weighted by Gasteiger charge is 2.36. The van der Waals surface area contributed by atoms with Crippen LogP contribution in [0.3, 0.4) is 0 Å². The molecular formula is C12H23NO4. The summed E-state index contributed by atoms with van der Waals surface area (Å²) in [4.78, 5) is 13.2. The van der Waals surface area contributed by atoms with Gasteiger partial charge in [0.2, 0.25) is 0 Å². The van der Waals surface area contributed by atoms with Gasteiger partial charge in [-0.3, -0.25) is 4.79 Å². The van der Waals surface area contributed by atoms with Crippen molar-refractivity contribution < 1.29 is 19.7 Å². The normalized spacial score (nSPS) is 22.3. The van der Waals surface area contributed by atoms with Gasteiger partial charge >= 0.3 is 5.97 Å². The molecule has 0 bridgehead atoms. The summed E-state index contributed by atoms with van der Waals surface area (Å²) < 4.78 is 5.15. The zero-order valence-corrected chi connectivity index (χ0v) is 10.7. The van der Waals surface area contributed by atoms with Gasteiger partial charge in [-0.25, -0.2) is 0 Å². The van der Waals surface area contributed by atoms with Crippen LogP contribution in [0.1, 0.15) is 26.7 Å². The van der Waals surface area contributed by atoms with Gasteiger partial charge in [0.15, 0.2) is 0 Å². The minimum Gasteiger partial charge on any atom is -0.481 e. The molecule has 1 rings (SSSR count). The van der Waals surface area contributed by atoms with E-state index in [4.69, 9.17) is 9.84 Å². The molecule has 0 radical (unpaired) electrons. The first-order valence-corrected chi connectivity index (χ1v) is 6.19. The molecule has 2 N–H and O–H groups in total. The summed E-state index contributed by atoms with van der Waals surface area (Å²) in [5.74, 6) is -0.716. The lowest BCUT2D eigenvalue weighted by molar-refractivity contribution is -0.150. The van der Waals surface area contributed by atoms with E-state index in [9.17, 15) is 9.90 Å². The zero-order valence-electron chi connectivity index (χ0n) is 10.7. The van der Waals surface area contributed by atoms with Crippen LogP contribution >= 0.6 is 0 Å². The van der Waals surface area contributed by atoms with Gasteiger partial charge in [0.05, 0.1) is 18.1 Å². The third kappa shape index (κ3) is 4.26. The van der Waals surface area contributed by atoms with Crippen LogP contribution in [0, 0.1) is 5.41 Å². The second-order valence-electron chi connectivity index (χ2n) is 4.98. The second-order valence-corrected chi connectivity index (χ2v) is 4.98. The molecule has 0 saturated carbocycles. The van der Waals surface area contributed by atoms with Crippen molar-refractivity contribution in [1.29, 1.82) is 0 Å². The first-order valence-electron chi connectivity index (χ1n) is 6.19. The number of piperidine rings is 1. The molecule has 0 aromatic rings. The topological polar surface area (TPSA) is 70.0 Å².